The van der Waals surface area contributed by atoms with Crippen LogP contribution >= 0.6 is 15.9 Å². The second kappa shape index (κ2) is 4.79. The number of hydrogen-bond acceptors (Lipinski definition) is 2. The molecule has 0 aliphatic heterocycles. The molecule has 5 heteroatoms. The smallest absolute Gasteiger partial charge is 0.256 e. The summed E-state index contributed by atoms with van der Waals surface area (Å²) in [5, 5.41) is 0. The third kappa shape index (κ3) is 2.79. The van der Waals surface area contributed by atoms with E-state index in [1.807, 2.05) is 13.0 Å². The lowest BCUT2D eigenvalue weighted by molar-refractivity contribution is 0.414. The van der Waals surface area contributed by atoms with Gasteiger partial charge in [-0.1, -0.05) is 15.9 Å². The number of hydrogen-bond donors (Lipinski definition) is 0. The van der Waals surface area contributed by atoms with Crippen molar-refractivity contribution in [2.45, 2.75) is 6.92 Å². The van der Waals surface area contributed by atoms with Gasteiger partial charge in [0.2, 0.25) is 0 Å². The van der Waals surface area contributed by atoms with Gasteiger partial charge in [0.1, 0.15) is 11.6 Å². The Kier molecular flexibility index (Phi) is 3.38. The molecule has 0 spiro atoms. The highest BCUT2D eigenvalue weighted by atomic mass is 79.9. The molecule has 0 bridgehead atoms. The molecule has 0 N–H and O–H groups in total. The fourth-order valence-electron chi connectivity index (χ4n) is 1.31. The van der Waals surface area contributed by atoms with Crippen LogP contribution in [0.2, 0.25) is 0 Å². The molecule has 0 aliphatic carbocycles. The fourth-order valence-corrected chi connectivity index (χ4v) is 1.78. The average Bonchev–Trinajstić information content (AvgIpc) is 2.25. The highest BCUT2D eigenvalue weighted by Gasteiger charge is 2.09. The van der Waals surface area contributed by atoms with E-state index >= 15 is 0 Å². The van der Waals surface area contributed by atoms with E-state index in [2.05, 4.69) is 20.9 Å². The number of benzene rings is 1. The van der Waals surface area contributed by atoms with Crippen molar-refractivity contribution in [2.75, 3.05) is 0 Å². The van der Waals surface area contributed by atoms with E-state index in [0.29, 0.717) is 5.75 Å². The monoisotopic (exact) mass is 299 g/mol. The van der Waals surface area contributed by atoms with Crippen LogP contribution in [0.25, 0.3) is 0 Å². The Morgan fingerprint density at radius 1 is 1.24 bits per heavy atom. The van der Waals surface area contributed by atoms with E-state index in [4.69, 9.17) is 4.74 Å². The molecule has 0 saturated heterocycles. The number of ether oxygens (including phenoxy) is 1. The van der Waals surface area contributed by atoms with Gasteiger partial charge in [0.25, 0.3) is 5.88 Å². The van der Waals surface area contributed by atoms with Crippen molar-refractivity contribution in [3.05, 3.63) is 52.1 Å². The molecule has 0 saturated carbocycles. The van der Waals surface area contributed by atoms with Gasteiger partial charge < -0.3 is 4.74 Å². The van der Waals surface area contributed by atoms with E-state index in [9.17, 15) is 8.78 Å². The molecule has 88 valence electrons. The molecule has 0 atom stereocenters. The van der Waals surface area contributed by atoms with Crippen LogP contribution in [0, 0.1) is 18.6 Å². The quantitative estimate of drug-likeness (QED) is 0.828. The molecule has 0 aliphatic rings. The van der Waals surface area contributed by atoms with Crippen molar-refractivity contribution in [3.63, 3.8) is 0 Å². The first-order valence-corrected chi connectivity index (χ1v) is 5.60. The van der Waals surface area contributed by atoms with Gasteiger partial charge in [0.05, 0.1) is 6.20 Å². The zero-order chi connectivity index (χ0) is 12.4. The van der Waals surface area contributed by atoms with Crippen molar-refractivity contribution in [3.8, 4) is 11.6 Å². The molecule has 2 aromatic rings. The minimum Gasteiger partial charge on any atom is -0.436 e. The molecule has 17 heavy (non-hydrogen) atoms. The van der Waals surface area contributed by atoms with Crippen LogP contribution in [0.5, 0.6) is 11.6 Å². The van der Waals surface area contributed by atoms with Gasteiger partial charge in [-0.2, -0.15) is 0 Å². The van der Waals surface area contributed by atoms with Gasteiger partial charge in [-0.15, -0.1) is 0 Å². The Bertz CT molecular complexity index is 511. The molecule has 2 rings (SSSR count). The van der Waals surface area contributed by atoms with Gasteiger partial charge in [-0.25, -0.2) is 13.8 Å². The van der Waals surface area contributed by atoms with Crippen molar-refractivity contribution < 1.29 is 13.5 Å². The van der Waals surface area contributed by atoms with E-state index in [1.54, 1.807) is 12.1 Å². The first-order valence-electron chi connectivity index (χ1n) is 4.81. The summed E-state index contributed by atoms with van der Waals surface area (Å²) in [6.45, 7) is 1.82. The Morgan fingerprint density at radius 3 is 2.65 bits per heavy atom. The predicted octanol–water partition coefficient (Wildman–Crippen LogP) is 4.22. The van der Waals surface area contributed by atoms with E-state index in [0.717, 1.165) is 22.3 Å². The highest BCUT2D eigenvalue weighted by Crippen LogP contribution is 2.27. The van der Waals surface area contributed by atoms with Gasteiger partial charge in [0.15, 0.2) is 5.82 Å². The van der Waals surface area contributed by atoms with E-state index in [1.165, 1.54) is 0 Å². The highest BCUT2D eigenvalue weighted by molar-refractivity contribution is 9.10. The summed E-state index contributed by atoms with van der Waals surface area (Å²) < 4.78 is 32.1. The average molecular weight is 300 g/mol. The summed E-state index contributed by atoms with van der Waals surface area (Å²) in [4.78, 5) is 3.55. The molecule has 1 aromatic heterocycles. The van der Waals surface area contributed by atoms with Crippen molar-refractivity contribution >= 4 is 15.9 Å². The number of aryl methyl sites for hydroxylation is 1. The van der Waals surface area contributed by atoms with Crippen molar-refractivity contribution in [1.29, 1.82) is 0 Å². The lowest BCUT2D eigenvalue weighted by Gasteiger charge is -2.08. The summed E-state index contributed by atoms with van der Waals surface area (Å²) >= 11 is 3.31. The fraction of sp³-hybridized carbons (Fsp3) is 0.0833. The maximum Gasteiger partial charge on any atom is 0.256 e. The first kappa shape index (κ1) is 12.0. The summed E-state index contributed by atoms with van der Waals surface area (Å²) in [6.07, 6.45) is 0.909. The molecule has 0 unspecified atom stereocenters. The first-order chi connectivity index (χ1) is 8.06. The SMILES string of the molecule is Cc1cc(Br)ccc1Oc1ncc(F)cc1F. The van der Waals surface area contributed by atoms with Gasteiger partial charge >= 0.3 is 0 Å². The van der Waals surface area contributed by atoms with E-state index < -0.39 is 11.6 Å². The van der Waals surface area contributed by atoms with Crippen molar-refractivity contribution in [2.24, 2.45) is 0 Å². The second-order valence-electron chi connectivity index (χ2n) is 3.45. The molecule has 0 fully saturated rings. The molecule has 0 amide bonds. The van der Waals surface area contributed by atoms with Crippen LogP contribution in [0.15, 0.2) is 34.9 Å². The number of nitrogens with zero attached hydrogens (tertiary/aromatic N) is 1. The van der Waals surface area contributed by atoms with E-state index in [-0.39, 0.29) is 5.88 Å². The number of pyridine rings is 1. The number of halogens is 3. The third-order valence-corrected chi connectivity index (χ3v) is 2.61. The predicted molar refractivity (Wildman–Crippen MR) is 63.1 cm³/mol. The minimum absolute atomic E-state index is 0.239. The van der Waals surface area contributed by atoms with Gasteiger partial charge in [-0.3, -0.25) is 0 Å². The molecule has 0 radical (unpaired) electrons. The maximum atomic E-state index is 13.3. The molecular formula is C12H8BrF2NO. The topological polar surface area (TPSA) is 22.1 Å². The van der Waals surface area contributed by atoms with Crippen LogP contribution < -0.4 is 4.74 Å². The van der Waals surface area contributed by atoms with Crippen LogP contribution in [0.3, 0.4) is 0 Å². The Balaban J connectivity index is 2.31. The zero-order valence-corrected chi connectivity index (χ0v) is 10.5. The Labute approximate surface area is 105 Å². The van der Waals surface area contributed by atoms with Crippen LogP contribution in [-0.2, 0) is 0 Å². The number of aromatic nitrogens is 1. The minimum atomic E-state index is -0.827. The van der Waals surface area contributed by atoms with Gasteiger partial charge in [-0.05, 0) is 30.7 Å². The summed E-state index contributed by atoms with van der Waals surface area (Å²) in [5.41, 5.74) is 0.824. The lowest BCUT2D eigenvalue weighted by Crippen LogP contribution is -1.94. The number of rotatable bonds is 2. The zero-order valence-electron chi connectivity index (χ0n) is 8.88. The maximum absolute atomic E-state index is 13.3. The largest absolute Gasteiger partial charge is 0.436 e. The summed E-state index contributed by atoms with van der Waals surface area (Å²) in [7, 11) is 0. The third-order valence-electron chi connectivity index (χ3n) is 2.12. The second-order valence-corrected chi connectivity index (χ2v) is 4.37. The Hall–Kier alpha value is -1.49. The standard InChI is InChI=1S/C12H8BrF2NO/c1-7-4-8(13)2-3-11(7)17-12-10(15)5-9(14)6-16-12/h2-6H,1H3. The lowest BCUT2D eigenvalue weighted by atomic mass is 10.2. The summed E-state index contributed by atoms with van der Waals surface area (Å²) in [6, 6.07) is 6.01. The molecular weight excluding hydrogens is 292 g/mol. The Morgan fingerprint density at radius 2 is 2.00 bits per heavy atom. The molecule has 1 aromatic carbocycles. The molecule has 2 nitrogen and oxygen atoms in total. The van der Waals surface area contributed by atoms with Crippen molar-refractivity contribution in [1.82, 2.24) is 4.98 Å². The van der Waals surface area contributed by atoms with Crippen LogP contribution in [0.4, 0.5) is 8.78 Å². The molecule has 1 heterocycles. The summed E-state index contributed by atoms with van der Waals surface area (Å²) in [5.74, 6) is -1.32. The van der Waals surface area contributed by atoms with Crippen LogP contribution in [-0.4, -0.2) is 4.98 Å². The van der Waals surface area contributed by atoms with Gasteiger partial charge in [0, 0.05) is 10.5 Å². The van der Waals surface area contributed by atoms with Crippen LogP contribution in [0.1, 0.15) is 5.56 Å². The normalized spacial score (nSPS) is 10.4.